The topological polar surface area (TPSA) is 24.9 Å². The van der Waals surface area contributed by atoms with Crippen LogP contribution in [-0.4, -0.2) is 11.5 Å². The summed E-state index contributed by atoms with van der Waals surface area (Å²) in [5.41, 5.74) is 5.12. The highest BCUT2D eigenvalue weighted by atomic mass is 32.2. The maximum absolute atomic E-state index is 4.64. The molecule has 0 spiro atoms. The molecule has 0 atom stereocenters. The Bertz CT molecular complexity index is 608. The number of nitrogens with one attached hydrogen (secondary N) is 1. The monoisotopic (exact) mass is 300 g/mol. The summed E-state index contributed by atoms with van der Waals surface area (Å²) in [7, 11) is 0. The molecule has 0 saturated heterocycles. The molecule has 0 radical (unpaired) electrons. The van der Waals surface area contributed by atoms with E-state index in [9.17, 15) is 0 Å². The Kier molecular flexibility index (Phi) is 5.83. The SMILES string of the molecule is CCCNCc1cnc(Sc2ccc(C)cc2C)c(C)c1. The standard InChI is InChI=1S/C18H24N2S/c1-5-8-19-11-16-10-15(4)18(20-12-16)21-17-7-6-13(2)9-14(17)3/h6-7,9-10,12,19H,5,8,11H2,1-4H3. The average molecular weight is 300 g/mol. The Morgan fingerprint density at radius 1 is 1.10 bits per heavy atom. The van der Waals surface area contributed by atoms with E-state index in [0.717, 1.165) is 24.5 Å². The van der Waals surface area contributed by atoms with E-state index in [-0.39, 0.29) is 0 Å². The van der Waals surface area contributed by atoms with Crippen molar-refractivity contribution in [1.82, 2.24) is 10.3 Å². The van der Waals surface area contributed by atoms with Crippen LogP contribution in [-0.2, 0) is 6.54 Å². The molecule has 3 heteroatoms. The molecule has 0 aliphatic heterocycles. The average Bonchev–Trinajstić information content (AvgIpc) is 2.44. The van der Waals surface area contributed by atoms with Gasteiger partial charge in [-0.05, 0) is 56.5 Å². The second kappa shape index (κ2) is 7.62. The minimum atomic E-state index is 0.899. The zero-order valence-electron chi connectivity index (χ0n) is 13.4. The largest absolute Gasteiger partial charge is 0.313 e. The van der Waals surface area contributed by atoms with Gasteiger partial charge < -0.3 is 5.32 Å². The molecule has 0 amide bonds. The number of nitrogens with zero attached hydrogens (tertiary/aromatic N) is 1. The molecule has 1 N–H and O–H groups in total. The van der Waals surface area contributed by atoms with Crippen LogP contribution in [0, 0.1) is 20.8 Å². The molecule has 1 aromatic carbocycles. The number of aryl methyl sites for hydroxylation is 3. The first-order valence-electron chi connectivity index (χ1n) is 7.51. The number of pyridine rings is 1. The molecule has 1 heterocycles. The van der Waals surface area contributed by atoms with Gasteiger partial charge in [0.1, 0.15) is 5.03 Å². The first-order valence-corrected chi connectivity index (χ1v) is 8.33. The van der Waals surface area contributed by atoms with E-state index in [2.05, 4.69) is 62.3 Å². The van der Waals surface area contributed by atoms with E-state index in [1.165, 1.54) is 27.1 Å². The van der Waals surface area contributed by atoms with Crippen molar-refractivity contribution < 1.29 is 0 Å². The highest BCUT2D eigenvalue weighted by Crippen LogP contribution is 2.31. The Morgan fingerprint density at radius 2 is 1.90 bits per heavy atom. The third-order valence-electron chi connectivity index (χ3n) is 3.38. The summed E-state index contributed by atoms with van der Waals surface area (Å²) in [6, 6.07) is 8.81. The van der Waals surface area contributed by atoms with Gasteiger partial charge in [-0.1, -0.05) is 42.4 Å². The first-order chi connectivity index (χ1) is 10.1. The fourth-order valence-electron chi connectivity index (χ4n) is 2.25. The fourth-order valence-corrected chi connectivity index (χ4v) is 3.14. The van der Waals surface area contributed by atoms with Crippen LogP contribution in [0.4, 0.5) is 0 Å². The molecule has 1 aromatic heterocycles. The van der Waals surface area contributed by atoms with Crippen molar-refractivity contribution in [3.05, 3.63) is 52.7 Å². The number of rotatable bonds is 6. The predicted molar refractivity (Wildman–Crippen MR) is 91.0 cm³/mol. The smallest absolute Gasteiger partial charge is 0.104 e. The molecule has 0 unspecified atom stereocenters. The lowest BCUT2D eigenvalue weighted by molar-refractivity contribution is 0.672. The molecule has 0 bridgehead atoms. The van der Waals surface area contributed by atoms with E-state index in [1.54, 1.807) is 11.8 Å². The van der Waals surface area contributed by atoms with Gasteiger partial charge >= 0.3 is 0 Å². The molecule has 0 saturated carbocycles. The lowest BCUT2D eigenvalue weighted by Gasteiger charge is -2.10. The van der Waals surface area contributed by atoms with Crippen molar-refractivity contribution in [3.8, 4) is 0 Å². The van der Waals surface area contributed by atoms with E-state index >= 15 is 0 Å². The highest BCUT2D eigenvalue weighted by Gasteiger charge is 2.06. The highest BCUT2D eigenvalue weighted by molar-refractivity contribution is 7.99. The number of aromatic nitrogens is 1. The molecule has 2 aromatic rings. The van der Waals surface area contributed by atoms with Gasteiger partial charge in [0.25, 0.3) is 0 Å². The van der Waals surface area contributed by atoms with E-state index in [1.807, 2.05) is 6.20 Å². The maximum Gasteiger partial charge on any atom is 0.104 e. The van der Waals surface area contributed by atoms with Crippen LogP contribution in [0.1, 0.15) is 35.6 Å². The van der Waals surface area contributed by atoms with Crippen molar-refractivity contribution in [2.45, 2.75) is 50.6 Å². The third kappa shape index (κ3) is 4.58. The van der Waals surface area contributed by atoms with Gasteiger partial charge in [-0.3, -0.25) is 0 Å². The minimum Gasteiger partial charge on any atom is -0.313 e. The predicted octanol–water partition coefficient (Wildman–Crippen LogP) is 4.66. The van der Waals surface area contributed by atoms with E-state index in [0.29, 0.717) is 0 Å². The summed E-state index contributed by atoms with van der Waals surface area (Å²) in [5, 5.41) is 4.51. The number of hydrogen-bond donors (Lipinski definition) is 1. The Labute approximate surface area is 132 Å². The van der Waals surface area contributed by atoms with Crippen LogP contribution in [0.3, 0.4) is 0 Å². The van der Waals surface area contributed by atoms with Crippen LogP contribution in [0.5, 0.6) is 0 Å². The van der Waals surface area contributed by atoms with Crippen LogP contribution in [0.15, 0.2) is 40.4 Å². The van der Waals surface area contributed by atoms with Gasteiger partial charge in [-0.2, -0.15) is 0 Å². The zero-order valence-corrected chi connectivity index (χ0v) is 14.2. The van der Waals surface area contributed by atoms with Crippen molar-refractivity contribution in [2.75, 3.05) is 6.54 Å². The second-order valence-corrected chi connectivity index (χ2v) is 6.54. The Hall–Kier alpha value is -1.32. The van der Waals surface area contributed by atoms with Crippen LogP contribution < -0.4 is 5.32 Å². The van der Waals surface area contributed by atoms with E-state index < -0.39 is 0 Å². The first kappa shape index (κ1) is 16.1. The second-order valence-electron chi connectivity index (χ2n) is 5.51. The van der Waals surface area contributed by atoms with E-state index in [4.69, 9.17) is 0 Å². The molecule has 2 nitrogen and oxygen atoms in total. The summed E-state index contributed by atoms with van der Waals surface area (Å²) in [6.07, 6.45) is 3.15. The van der Waals surface area contributed by atoms with Gasteiger partial charge in [0.15, 0.2) is 0 Å². The summed E-state index contributed by atoms with van der Waals surface area (Å²) < 4.78 is 0. The fraction of sp³-hybridized carbons (Fsp3) is 0.389. The van der Waals surface area contributed by atoms with Crippen molar-refractivity contribution >= 4 is 11.8 Å². The van der Waals surface area contributed by atoms with Gasteiger partial charge in [0, 0.05) is 17.6 Å². The van der Waals surface area contributed by atoms with Crippen LogP contribution in [0.25, 0.3) is 0 Å². The molecule has 2 rings (SSSR count). The van der Waals surface area contributed by atoms with Crippen LogP contribution in [0.2, 0.25) is 0 Å². The summed E-state index contributed by atoms with van der Waals surface area (Å²) >= 11 is 1.76. The Morgan fingerprint density at radius 3 is 2.57 bits per heavy atom. The number of benzene rings is 1. The van der Waals surface area contributed by atoms with Crippen molar-refractivity contribution in [2.24, 2.45) is 0 Å². The molecule has 112 valence electrons. The third-order valence-corrected chi connectivity index (χ3v) is 4.68. The summed E-state index contributed by atoms with van der Waals surface area (Å²) in [5.74, 6) is 0. The molecule has 0 aliphatic rings. The quantitative estimate of drug-likeness (QED) is 0.786. The van der Waals surface area contributed by atoms with Gasteiger partial charge in [0.05, 0.1) is 0 Å². The lowest BCUT2D eigenvalue weighted by Crippen LogP contribution is -2.14. The summed E-state index contributed by atoms with van der Waals surface area (Å²) in [6.45, 7) is 10.6. The molecule has 0 fully saturated rings. The molecular formula is C18H24N2S. The number of hydrogen-bond acceptors (Lipinski definition) is 3. The molecular weight excluding hydrogens is 276 g/mol. The maximum atomic E-state index is 4.64. The van der Waals surface area contributed by atoms with Crippen molar-refractivity contribution in [3.63, 3.8) is 0 Å². The normalized spacial score (nSPS) is 10.9. The van der Waals surface area contributed by atoms with Gasteiger partial charge in [0.2, 0.25) is 0 Å². The van der Waals surface area contributed by atoms with Crippen molar-refractivity contribution in [1.29, 1.82) is 0 Å². The Balaban J connectivity index is 2.10. The van der Waals surface area contributed by atoms with Crippen LogP contribution >= 0.6 is 11.8 Å². The van der Waals surface area contributed by atoms with Gasteiger partial charge in [-0.15, -0.1) is 0 Å². The molecule has 21 heavy (non-hydrogen) atoms. The van der Waals surface area contributed by atoms with Gasteiger partial charge in [-0.25, -0.2) is 4.98 Å². The zero-order chi connectivity index (χ0) is 15.2. The molecule has 0 aliphatic carbocycles. The summed E-state index contributed by atoms with van der Waals surface area (Å²) in [4.78, 5) is 5.92. The minimum absolute atomic E-state index is 0.899. The lowest BCUT2D eigenvalue weighted by atomic mass is 10.2.